The van der Waals surface area contributed by atoms with Gasteiger partial charge in [0, 0.05) is 17.6 Å². The van der Waals surface area contributed by atoms with Gasteiger partial charge in [0.25, 0.3) is 0 Å². The predicted molar refractivity (Wildman–Crippen MR) is 92.0 cm³/mol. The SMILES string of the molecule is C[C@@H]1CCCN([C@@H](C)C(=O)Nc2cccc3ccccc23)C1. The van der Waals surface area contributed by atoms with Crippen LogP contribution in [0.2, 0.25) is 0 Å². The zero-order chi connectivity index (χ0) is 15.5. The molecule has 2 atom stereocenters. The molecule has 3 rings (SSSR count). The smallest absolute Gasteiger partial charge is 0.241 e. The van der Waals surface area contributed by atoms with Gasteiger partial charge in [-0.2, -0.15) is 0 Å². The summed E-state index contributed by atoms with van der Waals surface area (Å²) < 4.78 is 0. The molecule has 0 bridgehead atoms. The molecule has 22 heavy (non-hydrogen) atoms. The van der Waals surface area contributed by atoms with Crippen molar-refractivity contribution < 1.29 is 4.79 Å². The van der Waals surface area contributed by atoms with Crippen molar-refractivity contribution >= 4 is 22.4 Å². The van der Waals surface area contributed by atoms with Crippen molar-refractivity contribution in [3.63, 3.8) is 0 Å². The Kier molecular flexibility index (Phi) is 4.44. The highest BCUT2D eigenvalue weighted by Crippen LogP contribution is 2.24. The number of amides is 1. The molecule has 3 heteroatoms. The van der Waals surface area contributed by atoms with Crippen LogP contribution in [0, 0.1) is 5.92 Å². The Labute approximate surface area is 132 Å². The lowest BCUT2D eigenvalue weighted by molar-refractivity contribution is -0.121. The van der Waals surface area contributed by atoms with Crippen LogP contribution in [-0.4, -0.2) is 29.9 Å². The van der Waals surface area contributed by atoms with Crippen LogP contribution in [0.3, 0.4) is 0 Å². The van der Waals surface area contributed by atoms with Crippen LogP contribution < -0.4 is 5.32 Å². The molecule has 1 fully saturated rings. The fourth-order valence-electron chi connectivity index (χ4n) is 3.31. The topological polar surface area (TPSA) is 32.3 Å². The van der Waals surface area contributed by atoms with Crippen molar-refractivity contribution in [1.82, 2.24) is 4.90 Å². The number of carbonyl (C=O) groups is 1. The molecule has 0 radical (unpaired) electrons. The van der Waals surface area contributed by atoms with Gasteiger partial charge in [-0.1, -0.05) is 43.3 Å². The van der Waals surface area contributed by atoms with E-state index in [4.69, 9.17) is 0 Å². The van der Waals surface area contributed by atoms with Crippen molar-refractivity contribution in [1.29, 1.82) is 0 Å². The van der Waals surface area contributed by atoms with Crippen molar-refractivity contribution in [3.05, 3.63) is 42.5 Å². The molecule has 3 nitrogen and oxygen atoms in total. The number of rotatable bonds is 3. The van der Waals surface area contributed by atoms with Crippen LogP contribution in [0.25, 0.3) is 10.8 Å². The van der Waals surface area contributed by atoms with Crippen LogP contribution in [0.4, 0.5) is 5.69 Å². The monoisotopic (exact) mass is 296 g/mol. The summed E-state index contributed by atoms with van der Waals surface area (Å²) in [6, 6.07) is 14.1. The lowest BCUT2D eigenvalue weighted by Crippen LogP contribution is -2.46. The van der Waals surface area contributed by atoms with Crippen molar-refractivity contribution in [3.8, 4) is 0 Å². The van der Waals surface area contributed by atoms with Crippen molar-refractivity contribution in [2.75, 3.05) is 18.4 Å². The Balaban J connectivity index is 1.75. The Morgan fingerprint density at radius 1 is 1.23 bits per heavy atom. The third-order valence-corrected chi connectivity index (χ3v) is 4.66. The first-order chi connectivity index (χ1) is 10.6. The lowest BCUT2D eigenvalue weighted by atomic mass is 9.99. The molecule has 2 aromatic rings. The zero-order valence-corrected chi connectivity index (χ0v) is 13.4. The maximum absolute atomic E-state index is 12.6. The van der Waals surface area contributed by atoms with E-state index in [2.05, 4.69) is 35.3 Å². The highest BCUT2D eigenvalue weighted by Gasteiger charge is 2.25. The number of likely N-dealkylation sites (tertiary alicyclic amines) is 1. The quantitative estimate of drug-likeness (QED) is 0.931. The highest BCUT2D eigenvalue weighted by atomic mass is 16.2. The molecule has 116 valence electrons. The van der Waals surface area contributed by atoms with E-state index in [1.807, 2.05) is 31.2 Å². The van der Waals surface area contributed by atoms with Gasteiger partial charge >= 0.3 is 0 Å². The van der Waals surface area contributed by atoms with E-state index in [9.17, 15) is 4.79 Å². The van der Waals surface area contributed by atoms with E-state index in [0.29, 0.717) is 5.92 Å². The molecule has 2 aromatic carbocycles. The van der Waals surface area contributed by atoms with Crippen LogP contribution in [0.5, 0.6) is 0 Å². The number of carbonyl (C=O) groups excluding carboxylic acids is 1. The maximum atomic E-state index is 12.6. The number of benzene rings is 2. The third kappa shape index (κ3) is 3.14. The summed E-state index contributed by atoms with van der Waals surface area (Å²) in [5.74, 6) is 0.770. The molecule has 1 aliphatic heterocycles. The number of piperidine rings is 1. The number of anilines is 1. The zero-order valence-electron chi connectivity index (χ0n) is 13.4. The van der Waals surface area contributed by atoms with E-state index in [1.165, 1.54) is 12.8 Å². The summed E-state index contributed by atoms with van der Waals surface area (Å²) in [4.78, 5) is 14.9. The Hall–Kier alpha value is -1.87. The van der Waals surface area contributed by atoms with Gasteiger partial charge in [-0.15, -0.1) is 0 Å². The standard InChI is InChI=1S/C19H24N2O/c1-14-7-6-12-21(13-14)15(2)19(22)20-18-11-5-9-16-8-3-4-10-17(16)18/h3-5,8-11,14-15H,6-7,12-13H2,1-2H3,(H,20,22)/t14-,15+/m1/s1. The maximum Gasteiger partial charge on any atom is 0.241 e. The summed E-state index contributed by atoms with van der Waals surface area (Å²) in [5, 5.41) is 5.36. The van der Waals surface area contributed by atoms with Gasteiger partial charge in [0.1, 0.15) is 0 Å². The molecule has 0 aromatic heterocycles. The lowest BCUT2D eigenvalue weighted by Gasteiger charge is -2.34. The first kappa shape index (κ1) is 15.0. The van der Waals surface area contributed by atoms with E-state index in [0.717, 1.165) is 29.5 Å². The van der Waals surface area contributed by atoms with Gasteiger partial charge in [0.05, 0.1) is 6.04 Å². The van der Waals surface area contributed by atoms with Gasteiger partial charge in [-0.25, -0.2) is 0 Å². The number of nitrogens with one attached hydrogen (secondary N) is 1. The van der Waals surface area contributed by atoms with Crippen molar-refractivity contribution in [2.24, 2.45) is 5.92 Å². The molecular formula is C19H24N2O. The van der Waals surface area contributed by atoms with Crippen LogP contribution in [0.15, 0.2) is 42.5 Å². The number of nitrogens with zero attached hydrogens (tertiary/aromatic N) is 1. The molecule has 1 heterocycles. The predicted octanol–water partition coefficient (Wildman–Crippen LogP) is 3.90. The molecule has 0 spiro atoms. The molecule has 0 unspecified atom stereocenters. The third-order valence-electron chi connectivity index (χ3n) is 4.66. The van der Waals surface area contributed by atoms with Crippen LogP contribution >= 0.6 is 0 Å². The highest BCUT2D eigenvalue weighted by molar-refractivity contribution is 6.03. The van der Waals surface area contributed by atoms with E-state index in [-0.39, 0.29) is 11.9 Å². The average Bonchev–Trinajstić information content (AvgIpc) is 2.54. The van der Waals surface area contributed by atoms with Crippen LogP contribution in [-0.2, 0) is 4.79 Å². The summed E-state index contributed by atoms with van der Waals surface area (Å²) in [6.45, 7) is 6.32. The van der Waals surface area contributed by atoms with Gasteiger partial charge in [-0.3, -0.25) is 9.69 Å². The minimum Gasteiger partial charge on any atom is -0.324 e. The second kappa shape index (κ2) is 6.49. The molecular weight excluding hydrogens is 272 g/mol. The van der Waals surface area contributed by atoms with E-state index in [1.54, 1.807) is 0 Å². The summed E-state index contributed by atoms with van der Waals surface area (Å²) in [5.41, 5.74) is 0.903. The van der Waals surface area contributed by atoms with Crippen LogP contribution in [0.1, 0.15) is 26.7 Å². The minimum absolute atomic E-state index is 0.0817. The van der Waals surface area contributed by atoms with Gasteiger partial charge < -0.3 is 5.32 Å². The Morgan fingerprint density at radius 3 is 2.82 bits per heavy atom. The number of fused-ring (bicyclic) bond motifs is 1. The van der Waals surface area contributed by atoms with Crippen molar-refractivity contribution in [2.45, 2.75) is 32.7 Å². The molecule has 0 aliphatic carbocycles. The normalized spacial score (nSPS) is 20.7. The average molecular weight is 296 g/mol. The minimum atomic E-state index is -0.0817. The second-order valence-electron chi connectivity index (χ2n) is 6.43. The van der Waals surface area contributed by atoms with E-state index < -0.39 is 0 Å². The molecule has 1 saturated heterocycles. The molecule has 1 N–H and O–H groups in total. The first-order valence-corrected chi connectivity index (χ1v) is 8.18. The summed E-state index contributed by atoms with van der Waals surface area (Å²) in [6.07, 6.45) is 2.46. The number of hydrogen-bond donors (Lipinski definition) is 1. The second-order valence-corrected chi connectivity index (χ2v) is 6.43. The van der Waals surface area contributed by atoms with Gasteiger partial charge in [0.15, 0.2) is 0 Å². The molecule has 1 aliphatic rings. The largest absolute Gasteiger partial charge is 0.324 e. The molecule has 1 amide bonds. The molecule has 0 saturated carbocycles. The summed E-state index contributed by atoms with van der Waals surface area (Å²) in [7, 11) is 0. The first-order valence-electron chi connectivity index (χ1n) is 8.18. The van der Waals surface area contributed by atoms with Gasteiger partial charge in [-0.05, 0) is 43.7 Å². The fraction of sp³-hybridized carbons (Fsp3) is 0.421. The Bertz CT molecular complexity index is 662. The van der Waals surface area contributed by atoms with Gasteiger partial charge in [0.2, 0.25) is 5.91 Å². The Morgan fingerprint density at radius 2 is 2.00 bits per heavy atom. The fourth-order valence-corrected chi connectivity index (χ4v) is 3.31. The van der Waals surface area contributed by atoms with E-state index >= 15 is 0 Å². The number of hydrogen-bond acceptors (Lipinski definition) is 2. The summed E-state index contributed by atoms with van der Waals surface area (Å²) >= 11 is 0.